The topological polar surface area (TPSA) is 46.9 Å². The molecule has 1 heterocycles. The van der Waals surface area contributed by atoms with Crippen LogP contribution in [0, 0.1) is 20.8 Å². The van der Waals surface area contributed by atoms with Crippen molar-refractivity contribution in [3.8, 4) is 0 Å². The number of benzene rings is 3. The van der Waals surface area contributed by atoms with E-state index in [9.17, 15) is 4.79 Å². The second kappa shape index (κ2) is 8.56. The van der Waals surface area contributed by atoms with E-state index in [0.29, 0.717) is 17.1 Å². The monoisotopic (exact) mass is 431 g/mol. The van der Waals surface area contributed by atoms with Gasteiger partial charge in [-0.05, 0) is 80.8 Å². The number of aryl methyl sites for hydroxylation is 3. The van der Waals surface area contributed by atoms with E-state index in [0.717, 1.165) is 16.9 Å². The minimum absolute atomic E-state index is 0.148. The Labute approximate surface area is 187 Å². The Morgan fingerprint density at radius 1 is 1.03 bits per heavy atom. The van der Waals surface area contributed by atoms with Gasteiger partial charge in [0.25, 0.3) is 5.91 Å². The number of nitrogens with zero attached hydrogens (tertiary/aromatic N) is 2. The van der Waals surface area contributed by atoms with Crippen LogP contribution in [0.2, 0.25) is 5.02 Å². The Bertz CT molecular complexity index is 1230. The molecule has 0 spiro atoms. The third kappa shape index (κ3) is 4.35. The summed E-state index contributed by atoms with van der Waals surface area (Å²) in [5.41, 5.74) is 7.63. The summed E-state index contributed by atoms with van der Waals surface area (Å²) in [7, 11) is 0. The third-order valence-corrected chi connectivity index (χ3v) is 5.93. The predicted molar refractivity (Wildman–Crippen MR) is 127 cm³/mol. The van der Waals surface area contributed by atoms with E-state index < -0.39 is 0 Å². The van der Waals surface area contributed by atoms with Crippen molar-refractivity contribution in [2.24, 2.45) is 0 Å². The highest BCUT2D eigenvalue weighted by atomic mass is 35.5. The number of rotatable bonds is 5. The lowest BCUT2D eigenvalue weighted by Crippen LogP contribution is -2.29. The fraction of sp³-hybridized carbons (Fsp3) is 0.231. The van der Waals surface area contributed by atoms with Crippen LogP contribution in [0.1, 0.15) is 51.4 Å². The lowest BCUT2D eigenvalue weighted by molar-refractivity contribution is 0.0937. The maximum Gasteiger partial charge on any atom is 0.251 e. The molecular formula is C26H26ClN3O. The highest BCUT2D eigenvalue weighted by Gasteiger charge is 2.20. The highest BCUT2D eigenvalue weighted by Crippen LogP contribution is 2.25. The van der Waals surface area contributed by atoms with Crippen LogP contribution in [-0.2, 0) is 6.54 Å². The first kappa shape index (κ1) is 21.1. The van der Waals surface area contributed by atoms with Gasteiger partial charge in [0, 0.05) is 17.1 Å². The summed E-state index contributed by atoms with van der Waals surface area (Å²) < 4.78 is 2.22. The fourth-order valence-corrected chi connectivity index (χ4v) is 4.28. The van der Waals surface area contributed by atoms with Crippen molar-refractivity contribution in [1.29, 1.82) is 0 Å². The van der Waals surface area contributed by atoms with Crippen molar-refractivity contribution < 1.29 is 4.79 Å². The lowest BCUT2D eigenvalue weighted by atomic mass is 9.99. The zero-order chi connectivity index (χ0) is 22.1. The number of fused-ring (bicyclic) bond motifs is 1. The first-order valence-electron chi connectivity index (χ1n) is 10.4. The first-order valence-corrected chi connectivity index (χ1v) is 10.8. The SMILES string of the molecule is Cc1cc(C)c(Cn2c(C(C)NC(=O)c3ccc(Cl)cc3)nc3ccccc32)c(C)c1. The molecule has 4 rings (SSSR count). The normalized spacial score (nSPS) is 12.2. The number of hydrogen-bond donors (Lipinski definition) is 1. The molecule has 1 unspecified atom stereocenters. The minimum atomic E-state index is -0.262. The van der Waals surface area contributed by atoms with Gasteiger partial charge in [0.2, 0.25) is 0 Å². The molecule has 0 aliphatic rings. The van der Waals surface area contributed by atoms with Crippen LogP contribution in [0.15, 0.2) is 60.7 Å². The Morgan fingerprint density at radius 3 is 2.35 bits per heavy atom. The molecule has 0 fully saturated rings. The number of carbonyl (C=O) groups excluding carboxylic acids is 1. The van der Waals surface area contributed by atoms with E-state index in [1.54, 1.807) is 24.3 Å². The average Bonchev–Trinajstić information content (AvgIpc) is 3.09. The molecule has 0 aliphatic heterocycles. The minimum Gasteiger partial charge on any atom is -0.342 e. The summed E-state index contributed by atoms with van der Waals surface area (Å²) in [5.74, 6) is 0.688. The summed E-state index contributed by atoms with van der Waals surface area (Å²) in [5, 5.41) is 3.70. The summed E-state index contributed by atoms with van der Waals surface area (Å²) in [6.45, 7) is 9.10. The highest BCUT2D eigenvalue weighted by molar-refractivity contribution is 6.30. The largest absolute Gasteiger partial charge is 0.342 e. The Kier molecular flexibility index (Phi) is 5.84. The van der Waals surface area contributed by atoms with Gasteiger partial charge in [-0.25, -0.2) is 4.98 Å². The summed E-state index contributed by atoms with van der Waals surface area (Å²) in [6.07, 6.45) is 0. The molecule has 1 amide bonds. The van der Waals surface area contributed by atoms with E-state index in [-0.39, 0.29) is 11.9 Å². The molecule has 1 aromatic heterocycles. The molecule has 0 aliphatic carbocycles. The van der Waals surface area contributed by atoms with Crippen molar-refractivity contribution in [3.63, 3.8) is 0 Å². The predicted octanol–water partition coefficient (Wildman–Crippen LogP) is 6.15. The fourth-order valence-electron chi connectivity index (χ4n) is 4.15. The van der Waals surface area contributed by atoms with Crippen molar-refractivity contribution in [2.45, 2.75) is 40.3 Å². The van der Waals surface area contributed by atoms with Crippen molar-refractivity contribution in [1.82, 2.24) is 14.9 Å². The summed E-state index contributed by atoms with van der Waals surface area (Å²) >= 11 is 5.95. The zero-order valence-corrected chi connectivity index (χ0v) is 19.0. The van der Waals surface area contributed by atoms with E-state index in [1.165, 1.54) is 22.3 Å². The zero-order valence-electron chi connectivity index (χ0n) is 18.2. The van der Waals surface area contributed by atoms with Gasteiger partial charge in [-0.1, -0.05) is 41.4 Å². The first-order chi connectivity index (χ1) is 14.8. The second-order valence-electron chi connectivity index (χ2n) is 8.12. The molecule has 1 N–H and O–H groups in total. The Hall–Kier alpha value is -3.11. The number of carbonyl (C=O) groups is 1. The van der Waals surface area contributed by atoms with Crippen LogP contribution in [0.5, 0.6) is 0 Å². The van der Waals surface area contributed by atoms with Crippen LogP contribution in [-0.4, -0.2) is 15.5 Å². The number of hydrogen-bond acceptors (Lipinski definition) is 2. The molecule has 3 aromatic carbocycles. The van der Waals surface area contributed by atoms with Gasteiger partial charge in [0.1, 0.15) is 5.82 Å². The molecule has 4 aromatic rings. The van der Waals surface area contributed by atoms with Crippen LogP contribution in [0.3, 0.4) is 0 Å². The van der Waals surface area contributed by atoms with Gasteiger partial charge in [-0.15, -0.1) is 0 Å². The smallest absolute Gasteiger partial charge is 0.251 e. The quantitative estimate of drug-likeness (QED) is 0.411. The number of halogens is 1. The average molecular weight is 432 g/mol. The van der Waals surface area contributed by atoms with Gasteiger partial charge < -0.3 is 9.88 Å². The van der Waals surface area contributed by atoms with E-state index in [4.69, 9.17) is 16.6 Å². The van der Waals surface area contributed by atoms with E-state index in [2.05, 4.69) is 48.9 Å². The molecule has 0 saturated heterocycles. The molecular weight excluding hydrogens is 406 g/mol. The number of para-hydroxylation sites is 2. The molecule has 31 heavy (non-hydrogen) atoms. The molecule has 0 bridgehead atoms. The van der Waals surface area contributed by atoms with Crippen molar-refractivity contribution in [3.05, 3.63) is 99.3 Å². The van der Waals surface area contributed by atoms with Crippen molar-refractivity contribution in [2.75, 3.05) is 0 Å². The maximum atomic E-state index is 12.8. The van der Waals surface area contributed by atoms with E-state index >= 15 is 0 Å². The van der Waals surface area contributed by atoms with Crippen LogP contribution >= 0.6 is 11.6 Å². The van der Waals surface area contributed by atoms with Gasteiger partial charge in [0.15, 0.2) is 0 Å². The van der Waals surface area contributed by atoms with Gasteiger partial charge >= 0.3 is 0 Å². The second-order valence-corrected chi connectivity index (χ2v) is 8.56. The molecule has 1 atom stereocenters. The number of nitrogens with one attached hydrogen (secondary N) is 1. The van der Waals surface area contributed by atoms with Crippen LogP contribution < -0.4 is 5.32 Å². The summed E-state index contributed by atoms with van der Waals surface area (Å²) in [6, 6.07) is 19.2. The number of imidazole rings is 1. The maximum absolute atomic E-state index is 12.8. The number of amides is 1. The molecule has 158 valence electrons. The third-order valence-electron chi connectivity index (χ3n) is 5.68. The van der Waals surface area contributed by atoms with Crippen LogP contribution in [0.25, 0.3) is 11.0 Å². The Morgan fingerprint density at radius 2 is 1.68 bits per heavy atom. The standard InChI is InChI=1S/C26H26ClN3O/c1-16-13-17(2)22(18(3)14-16)15-30-24-8-6-5-7-23(24)29-25(30)19(4)28-26(31)20-9-11-21(27)12-10-20/h5-14,19H,15H2,1-4H3,(H,28,31). The van der Waals surface area contributed by atoms with E-state index in [1.807, 2.05) is 25.1 Å². The van der Waals surface area contributed by atoms with Gasteiger partial charge in [0.05, 0.1) is 17.1 Å². The molecule has 0 saturated carbocycles. The van der Waals surface area contributed by atoms with Gasteiger partial charge in [-0.2, -0.15) is 0 Å². The molecule has 5 heteroatoms. The number of aromatic nitrogens is 2. The van der Waals surface area contributed by atoms with Crippen LogP contribution in [0.4, 0.5) is 0 Å². The van der Waals surface area contributed by atoms with Crippen molar-refractivity contribution >= 4 is 28.5 Å². The molecule has 0 radical (unpaired) electrons. The summed E-state index contributed by atoms with van der Waals surface area (Å²) in [4.78, 5) is 17.7. The van der Waals surface area contributed by atoms with Gasteiger partial charge in [-0.3, -0.25) is 4.79 Å². The lowest BCUT2D eigenvalue weighted by Gasteiger charge is -2.19. The Balaban J connectivity index is 1.71. The molecule has 4 nitrogen and oxygen atoms in total.